The molecule has 3 unspecified atom stereocenters. The van der Waals surface area contributed by atoms with Crippen molar-refractivity contribution in [2.24, 2.45) is 0 Å². The van der Waals surface area contributed by atoms with E-state index >= 15 is 0 Å². The van der Waals surface area contributed by atoms with Crippen LogP contribution in [0, 0.1) is 0 Å². The van der Waals surface area contributed by atoms with Crippen LogP contribution in [0.1, 0.15) is 34.0 Å². The van der Waals surface area contributed by atoms with Gasteiger partial charge in [-0.15, -0.1) is 0 Å². The molecule has 0 aliphatic carbocycles. The molecule has 0 spiro atoms. The maximum atomic E-state index is 12.7. The number of aryl methyl sites for hydroxylation is 1. The summed E-state index contributed by atoms with van der Waals surface area (Å²) >= 11 is 0. The summed E-state index contributed by atoms with van der Waals surface area (Å²) in [5, 5.41) is 79.9. The number of benzene rings is 2. The van der Waals surface area contributed by atoms with E-state index in [0.29, 0.717) is 0 Å². The van der Waals surface area contributed by atoms with Gasteiger partial charge in [0.2, 0.25) is 0 Å². The molecule has 31 heavy (non-hydrogen) atoms. The SMILES string of the molecule is O=C(CCc1ccc(O)cc1)c1c(O)cc(O)c([C@@H]2OC(CO)[C@@H](O)C(O)C2O)c1O. The van der Waals surface area contributed by atoms with Gasteiger partial charge in [0.1, 0.15) is 59.1 Å². The molecule has 10 heteroatoms. The number of phenolic OH excluding ortho intramolecular Hbond substituents is 4. The molecule has 8 N–H and O–H groups in total. The van der Waals surface area contributed by atoms with E-state index < -0.39 is 71.3 Å². The first kappa shape index (κ1) is 22.8. The van der Waals surface area contributed by atoms with Crippen molar-refractivity contribution in [1.82, 2.24) is 0 Å². The number of ether oxygens (including phenoxy) is 1. The number of carbonyl (C=O) groups excluding carboxylic acids is 1. The van der Waals surface area contributed by atoms with E-state index in [2.05, 4.69) is 0 Å². The Bertz CT molecular complexity index is 940. The van der Waals surface area contributed by atoms with Crippen molar-refractivity contribution in [2.45, 2.75) is 43.4 Å². The van der Waals surface area contributed by atoms with E-state index in [1.807, 2.05) is 0 Å². The maximum absolute atomic E-state index is 12.7. The van der Waals surface area contributed by atoms with Crippen molar-refractivity contribution in [2.75, 3.05) is 6.61 Å². The Morgan fingerprint density at radius 1 is 0.903 bits per heavy atom. The Balaban J connectivity index is 1.92. The van der Waals surface area contributed by atoms with E-state index in [9.17, 15) is 45.6 Å². The summed E-state index contributed by atoms with van der Waals surface area (Å²) in [6.07, 6.45) is -8.02. The molecule has 10 nitrogen and oxygen atoms in total. The van der Waals surface area contributed by atoms with Crippen LogP contribution in [0.5, 0.6) is 23.0 Å². The van der Waals surface area contributed by atoms with Crippen molar-refractivity contribution in [3.63, 3.8) is 0 Å². The van der Waals surface area contributed by atoms with Gasteiger partial charge >= 0.3 is 0 Å². The molecule has 1 heterocycles. The second-order valence-corrected chi connectivity index (χ2v) is 7.39. The summed E-state index contributed by atoms with van der Waals surface area (Å²) < 4.78 is 5.35. The van der Waals surface area contributed by atoms with Gasteiger partial charge in [-0.2, -0.15) is 0 Å². The highest BCUT2D eigenvalue weighted by Gasteiger charge is 2.46. The van der Waals surface area contributed by atoms with Gasteiger partial charge in [-0.25, -0.2) is 0 Å². The monoisotopic (exact) mass is 436 g/mol. The Labute approximate surface area is 176 Å². The standard InChI is InChI=1S/C21H24O10/c22-8-14-17(27)19(29)20(30)21(31-14)16-13(26)7-12(25)15(18(16)28)11(24)6-3-9-1-4-10(23)5-2-9/h1-2,4-5,7,14,17,19-23,25-30H,3,6,8H2/t14?,17-,19?,20?,21+/m1/s1. The van der Waals surface area contributed by atoms with Crippen molar-refractivity contribution in [1.29, 1.82) is 0 Å². The summed E-state index contributed by atoms with van der Waals surface area (Å²) in [6, 6.07) is 6.92. The summed E-state index contributed by atoms with van der Waals surface area (Å²) in [4.78, 5) is 12.7. The van der Waals surface area contributed by atoms with Crippen LogP contribution in [-0.2, 0) is 11.2 Å². The topological polar surface area (TPSA) is 188 Å². The third-order valence-corrected chi connectivity index (χ3v) is 5.33. The summed E-state index contributed by atoms with van der Waals surface area (Å²) in [5.74, 6) is -2.87. The second kappa shape index (κ2) is 9.08. The molecule has 2 aromatic rings. The summed E-state index contributed by atoms with van der Waals surface area (Å²) in [7, 11) is 0. The molecule has 0 amide bonds. The first-order chi connectivity index (χ1) is 14.6. The van der Waals surface area contributed by atoms with Gasteiger partial charge in [-0.1, -0.05) is 12.1 Å². The summed E-state index contributed by atoms with van der Waals surface area (Å²) in [6.45, 7) is -0.723. The van der Waals surface area contributed by atoms with Crippen LogP contribution in [0.3, 0.4) is 0 Å². The molecule has 1 fully saturated rings. The number of aliphatic hydroxyl groups is 4. The molecule has 1 aliphatic rings. The minimum absolute atomic E-state index is 0.0630. The average Bonchev–Trinajstić information content (AvgIpc) is 2.73. The summed E-state index contributed by atoms with van der Waals surface area (Å²) in [5.41, 5.74) is -0.260. The first-order valence-electron chi connectivity index (χ1n) is 9.55. The average molecular weight is 436 g/mol. The van der Waals surface area contributed by atoms with Crippen LogP contribution in [0.25, 0.3) is 0 Å². The number of aliphatic hydroxyl groups excluding tert-OH is 4. The lowest BCUT2D eigenvalue weighted by Gasteiger charge is -2.40. The number of phenols is 4. The van der Waals surface area contributed by atoms with Crippen molar-refractivity contribution < 1.29 is 50.4 Å². The smallest absolute Gasteiger partial charge is 0.170 e. The molecule has 3 rings (SSSR count). The second-order valence-electron chi connectivity index (χ2n) is 7.39. The van der Waals surface area contributed by atoms with E-state index in [0.717, 1.165) is 11.6 Å². The molecule has 2 aromatic carbocycles. The largest absolute Gasteiger partial charge is 0.508 e. The van der Waals surface area contributed by atoms with E-state index in [-0.39, 0.29) is 18.6 Å². The zero-order valence-corrected chi connectivity index (χ0v) is 16.3. The number of aromatic hydroxyl groups is 4. The highest BCUT2D eigenvalue weighted by Crippen LogP contribution is 2.46. The van der Waals surface area contributed by atoms with E-state index in [4.69, 9.17) is 4.74 Å². The van der Waals surface area contributed by atoms with Crippen LogP contribution >= 0.6 is 0 Å². The lowest BCUT2D eigenvalue weighted by molar-refractivity contribution is -0.232. The van der Waals surface area contributed by atoms with Gasteiger partial charge in [0.05, 0.1) is 12.2 Å². The minimum Gasteiger partial charge on any atom is -0.508 e. The highest BCUT2D eigenvalue weighted by molar-refractivity contribution is 6.02. The Hall–Kier alpha value is -2.89. The fraction of sp³-hybridized carbons (Fsp3) is 0.381. The van der Waals surface area contributed by atoms with Crippen molar-refractivity contribution >= 4 is 5.78 Å². The zero-order chi connectivity index (χ0) is 22.9. The fourth-order valence-electron chi connectivity index (χ4n) is 3.60. The maximum Gasteiger partial charge on any atom is 0.170 e. The van der Waals surface area contributed by atoms with Crippen LogP contribution < -0.4 is 0 Å². The van der Waals surface area contributed by atoms with Crippen LogP contribution in [0.15, 0.2) is 30.3 Å². The number of hydrogen-bond donors (Lipinski definition) is 8. The molecule has 0 aromatic heterocycles. The van der Waals surface area contributed by atoms with Gasteiger partial charge in [-0.05, 0) is 24.1 Å². The molecule has 168 valence electrons. The van der Waals surface area contributed by atoms with E-state index in [1.54, 1.807) is 12.1 Å². The number of Topliss-reactive ketones (excluding diaryl/α,β-unsaturated/α-hetero) is 1. The minimum atomic E-state index is -1.81. The lowest BCUT2D eigenvalue weighted by atomic mass is 9.88. The van der Waals surface area contributed by atoms with Gasteiger partial charge in [0.25, 0.3) is 0 Å². The Morgan fingerprint density at radius 2 is 1.55 bits per heavy atom. The number of hydrogen-bond acceptors (Lipinski definition) is 10. The molecule has 0 saturated carbocycles. The molecule has 5 atom stereocenters. The normalized spacial score (nSPS) is 26.0. The molecular weight excluding hydrogens is 412 g/mol. The zero-order valence-electron chi connectivity index (χ0n) is 16.3. The molecule has 1 aliphatic heterocycles. The van der Waals surface area contributed by atoms with E-state index in [1.165, 1.54) is 12.1 Å². The Morgan fingerprint density at radius 3 is 2.16 bits per heavy atom. The van der Waals surface area contributed by atoms with Crippen molar-refractivity contribution in [3.05, 3.63) is 47.0 Å². The van der Waals surface area contributed by atoms with Crippen LogP contribution in [0.4, 0.5) is 0 Å². The molecular formula is C21H24O10. The van der Waals surface area contributed by atoms with Gasteiger partial charge in [0.15, 0.2) is 5.78 Å². The predicted molar refractivity (Wildman–Crippen MR) is 105 cm³/mol. The molecule has 0 bridgehead atoms. The Kier molecular flexibility index (Phi) is 6.68. The number of carbonyl (C=O) groups is 1. The number of rotatable bonds is 6. The van der Waals surface area contributed by atoms with Crippen LogP contribution in [-0.4, -0.2) is 77.7 Å². The third-order valence-electron chi connectivity index (χ3n) is 5.33. The molecule has 0 radical (unpaired) electrons. The van der Waals surface area contributed by atoms with Gasteiger partial charge in [0, 0.05) is 12.5 Å². The predicted octanol–water partition coefficient (Wildman–Crippen LogP) is -0.161. The third kappa shape index (κ3) is 4.43. The lowest BCUT2D eigenvalue weighted by Crippen LogP contribution is -2.55. The number of ketones is 1. The fourth-order valence-corrected chi connectivity index (χ4v) is 3.60. The highest BCUT2D eigenvalue weighted by atomic mass is 16.5. The van der Waals surface area contributed by atoms with Crippen molar-refractivity contribution in [3.8, 4) is 23.0 Å². The molecule has 1 saturated heterocycles. The van der Waals surface area contributed by atoms with Gasteiger partial charge < -0.3 is 45.6 Å². The van der Waals surface area contributed by atoms with Crippen LogP contribution in [0.2, 0.25) is 0 Å². The van der Waals surface area contributed by atoms with Gasteiger partial charge in [-0.3, -0.25) is 4.79 Å². The first-order valence-corrected chi connectivity index (χ1v) is 9.55. The quantitative estimate of drug-likeness (QED) is 0.283.